The quantitative estimate of drug-likeness (QED) is 0.361. The summed E-state index contributed by atoms with van der Waals surface area (Å²) in [7, 11) is 0. The third kappa shape index (κ3) is 17.9. The standard InChI is InChI=1S/C19H41NO2/c1-3-5-7-9-10-11-12-13-15-20-17-19(21)18-22-16-14-8-6-4-2/h19-21H,3-18H2,1-2H3. The molecule has 0 aromatic rings. The van der Waals surface area contributed by atoms with Crippen LogP contribution >= 0.6 is 0 Å². The number of hydrogen-bond acceptors (Lipinski definition) is 3. The second-order valence-electron chi connectivity index (χ2n) is 6.47. The molecule has 0 aliphatic carbocycles. The highest BCUT2D eigenvalue weighted by Gasteiger charge is 2.03. The van der Waals surface area contributed by atoms with Gasteiger partial charge in [-0.3, -0.25) is 0 Å². The van der Waals surface area contributed by atoms with Crippen molar-refractivity contribution in [3.05, 3.63) is 0 Å². The van der Waals surface area contributed by atoms with Gasteiger partial charge >= 0.3 is 0 Å². The van der Waals surface area contributed by atoms with Crippen LogP contribution < -0.4 is 5.32 Å². The maximum Gasteiger partial charge on any atom is 0.0897 e. The van der Waals surface area contributed by atoms with Crippen LogP contribution in [0.25, 0.3) is 0 Å². The molecule has 1 unspecified atom stereocenters. The summed E-state index contributed by atoms with van der Waals surface area (Å²) in [5, 5.41) is 13.1. The van der Waals surface area contributed by atoms with Crippen LogP contribution in [0.5, 0.6) is 0 Å². The lowest BCUT2D eigenvalue weighted by Crippen LogP contribution is -2.31. The van der Waals surface area contributed by atoms with Crippen molar-refractivity contribution < 1.29 is 9.84 Å². The molecular weight excluding hydrogens is 274 g/mol. The fraction of sp³-hybridized carbons (Fsp3) is 1.00. The second-order valence-corrected chi connectivity index (χ2v) is 6.47. The number of nitrogens with one attached hydrogen (secondary N) is 1. The minimum absolute atomic E-state index is 0.361. The first-order valence-corrected chi connectivity index (χ1v) is 9.77. The van der Waals surface area contributed by atoms with Gasteiger partial charge in [-0.25, -0.2) is 0 Å². The van der Waals surface area contributed by atoms with Crippen molar-refractivity contribution in [1.82, 2.24) is 5.32 Å². The molecule has 22 heavy (non-hydrogen) atoms. The van der Waals surface area contributed by atoms with Gasteiger partial charge in [-0.15, -0.1) is 0 Å². The monoisotopic (exact) mass is 315 g/mol. The largest absolute Gasteiger partial charge is 0.389 e. The van der Waals surface area contributed by atoms with Crippen LogP contribution in [0.1, 0.15) is 90.9 Å². The molecule has 1 atom stereocenters. The molecule has 0 saturated carbocycles. The van der Waals surface area contributed by atoms with Crippen LogP contribution in [0.3, 0.4) is 0 Å². The molecule has 134 valence electrons. The van der Waals surface area contributed by atoms with E-state index in [1.54, 1.807) is 0 Å². The molecule has 0 aliphatic rings. The number of hydrogen-bond donors (Lipinski definition) is 2. The highest BCUT2D eigenvalue weighted by Crippen LogP contribution is 2.07. The van der Waals surface area contributed by atoms with Crippen LogP contribution in [-0.2, 0) is 4.74 Å². The fourth-order valence-corrected chi connectivity index (χ4v) is 2.56. The lowest BCUT2D eigenvalue weighted by Gasteiger charge is -2.12. The SMILES string of the molecule is CCCCCCCCCCNCC(O)COCCCCCC. The number of ether oxygens (including phenoxy) is 1. The lowest BCUT2D eigenvalue weighted by molar-refractivity contribution is 0.0355. The van der Waals surface area contributed by atoms with Gasteiger partial charge in [0.05, 0.1) is 12.7 Å². The van der Waals surface area contributed by atoms with Gasteiger partial charge in [-0.1, -0.05) is 78.1 Å². The maximum atomic E-state index is 9.79. The molecule has 0 fully saturated rings. The number of rotatable bonds is 18. The molecular formula is C19H41NO2. The normalized spacial score (nSPS) is 12.7. The Balaban J connectivity index is 3.10. The first-order valence-electron chi connectivity index (χ1n) is 9.77. The van der Waals surface area contributed by atoms with Crippen molar-refractivity contribution in [2.24, 2.45) is 0 Å². The third-order valence-electron chi connectivity index (χ3n) is 4.04. The summed E-state index contributed by atoms with van der Waals surface area (Å²) in [6, 6.07) is 0. The Bertz CT molecular complexity index is 200. The van der Waals surface area contributed by atoms with Gasteiger partial charge in [0.2, 0.25) is 0 Å². The second kappa shape index (κ2) is 18.9. The van der Waals surface area contributed by atoms with Gasteiger partial charge in [0.1, 0.15) is 0 Å². The Kier molecular flexibility index (Phi) is 18.8. The van der Waals surface area contributed by atoms with Gasteiger partial charge in [0.15, 0.2) is 0 Å². The zero-order chi connectivity index (χ0) is 16.3. The van der Waals surface area contributed by atoms with Crippen molar-refractivity contribution >= 4 is 0 Å². The Morgan fingerprint density at radius 2 is 1.32 bits per heavy atom. The maximum absolute atomic E-state index is 9.79. The van der Waals surface area contributed by atoms with E-state index in [1.165, 1.54) is 70.6 Å². The molecule has 2 N–H and O–H groups in total. The summed E-state index contributed by atoms with van der Waals surface area (Å²) in [5.74, 6) is 0. The van der Waals surface area contributed by atoms with Crippen molar-refractivity contribution in [2.45, 2.75) is 97.0 Å². The lowest BCUT2D eigenvalue weighted by atomic mass is 10.1. The Morgan fingerprint density at radius 3 is 1.95 bits per heavy atom. The Morgan fingerprint density at radius 1 is 0.773 bits per heavy atom. The summed E-state index contributed by atoms with van der Waals surface area (Å²) in [4.78, 5) is 0. The van der Waals surface area contributed by atoms with Crippen LogP contribution in [-0.4, -0.2) is 37.5 Å². The summed E-state index contributed by atoms with van der Waals surface area (Å²) < 4.78 is 5.49. The molecule has 0 rings (SSSR count). The molecule has 0 radical (unpaired) electrons. The smallest absolute Gasteiger partial charge is 0.0897 e. The van der Waals surface area contributed by atoms with Crippen LogP contribution in [0.2, 0.25) is 0 Å². The van der Waals surface area contributed by atoms with Crippen molar-refractivity contribution in [3.63, 3.8) is 0 Å². The Hall–Kier alpha value is -0.120. The topological polar surface area (TPSA) is 41.5 Å². The zero-order valence-corrected chi connectivity index (χ0v) is 15.2. The van der Waals surface area contributed by atoms with Gasteiger partial charge in [0.25, 0.3) is 0 Å². The zero-order valence-electron chi connectivity index (χ0n) is 15.2. The van der Waals surface area contributed by atoms with E-state index in [9.17, 15) is 5.11 Å². The van der Waals surface area contributed by atoms with E-state index in [0.29, 0.717) is 13.2 Å². The molecule has 0 heterocycles. The summed E-state index contributed by atoms with van der Waals surface area (Å²) >= 11 is 0. The number of aliphatic hydroxyl groups is 1. The minimum atomic E-state index is -0.361. The van der Waals surface area contributed by atoms with E-state index in [-0.39, 0.29) is 6.10 Å². The van der Waals surface area contributed by atoms with Crippen molar-refractivity contribution in [1.29, 1.82) is 0 Å². The summed E-state index contributed by atoms with van der Waals surface area (Å²) in [6.45, 7) is 7.40. The summed E-state index contributed by atoms with van der Waals surface area (Å²) in [5.41, 5.74) is 0. The summed E-state index contributed by atoms with van der Waals surface area (Å²) in [6.07, 6.45) is 15.3. The van der Waals surface area contributed by atoms with Crippen molar-refractivity contribution in [2.75, 3.05) is 26.3 Å². The number of unbranched alkanes of at least 4 members (excludes halogenated alkanes) is 10. The fourth-order valence-electron chi connectivity index (χ4n) is 2.56. The van der Waals surface area contributed by atoms with E-state index in [2.05, 4.69) is 19.2 Å². The van der Waals surface area contributed by atoms with Crippen LogP contribution in [0, 0.1) is 0 Å². The first-order chi connectivity index (χ1) is 10.8. The molecule has 0 amide bonds. The molecule has 0 aromatic carbocycles. The average molecular weight is 316 g/mol. The highest BCUT2D eigenvalue weighted by atomic mass is 16.5. The molecule has 0 saturated heterocycles. The minimum Gasteiger partial charge on any atom is -0.389 e. The molecule has 3 heteroatoms. The van der Waals surface area contributed by atoms with Gasteiger partial charge in [-0.2, -0.15) is 0 Å². The van der Waals surface area contributed by atoms with Crippen LogP contribution in [0.4, 0.5) is 0 Å². The Labute approximate surface area is 139 Å². The molecule has 0 spiro atoms. The van der Waals surface area contributed by atoms with E-state index >= 15 is 0 Å². The molecule has 0 bridgehead atoms. The third-order valence-corrected chi connectivity index (χ3v) is 4.04. The van der Waals surface area contributed by atoms with Crippen molar-refractivity contribution in [3.8, 4) is 0 Å². The van der Waals surface area contributed by atoms with Gasteiger partial charge in [-0.05, 0) is 19.4 Å². The van der Waals surface area contributed by atoms with E-state index in [0.717, 1.165) is 19.6 Å². The average Bonchev–Trinajstić information content (AvgIpc) is 2.52. The first kappa shape index (κ1) is 21.9. The van der Waals surface area contributed by atoms with Gasteiger partial charge in [0, 0.05) is 13.2 Å². The van der Waals surface area contributed by atoms with E-state index in [1.807, 2.05) is 0 Å². The predicted molar refractivity (Wildman–Crippen MR) is 96.4 cm³/mol. The molecule has 0 aromatic heterocycles. The number of aliphatic hydroxyl groups excluding tert-OH is 1. The highest BCUT2D eigenvalue weighted by molar-refractivity contribution is 4.58. The molecule has 0 aliphatic heterocycles. The van der Waals surface area contributed by atoms with Crippen LogP contribution in [0.15, 0.2) is 0 Å². The molecule has 3 nitrogen and oxygen atoms in total. The predicted octanol–water partition coefficient (Wildman–Crippen LogP) is 4.67. The van der Waals surface area contributed by atoms with E-state index in [4.69, 9.17) is 4.74 Å². The van der Waals surface area contributed by atoms with Gasteiger partial charge < -0.3 is 15.2 Å². The van der Waals surface area contributed by atoms with E-state index < -0.39 is 0 Å².